The van der Waals surface area contributed by atoms with Crippen LogP contribution in [0.25, 0.3) is 0 Å². The molecular weight excluding hydrogens is 420 g/mol. The maximum absolute atomic E-state index is 13.6. The minimum Gasteiger partial charge on any atom is -0.491 e. The van der Waals surface area contributed by atoms with Gasteiger partial charge >= 0.3 is 0 Å². The molecule has 6 heteroatoms. The summed E-state index contributed by atoms with van der Waals surface area (Å²) in [5.41, 5.74) is 2.29. The van der Waals surface area contributed by atoms with Gasteiger partial charge in [0.1, 0.15) is 18.9 Å². The Morgan fingerprint density at radius 2 is 1.91 bits per heavy atom. The largest absolute Gasteiger partial charge is 0.491 e. The van der Waals surface area contributed by atoms with Crippen LogP contribution in [0.3, 0.4) is 0 Å². The number of amides is 2. The molecule has 0 spiro atoms. The van der Waals surface area contributed by atoms with Crippen molar-refractivity contribution >= 4 is 23.2 Å². The standard InChI is InChI=1S/C26H32N2O3S/c1-18-6-2-5-9-23(18)31-17-22-21-13-15-32-24(21)12-14-27(22)25(29)16-28(20-10-11-20)26(30)19-7-3-4-8-19/h2,5-6,9,13,15,19-20,22H,3-4,7-8,10-12,14,16-17H2,1H3. The molecule has 1 unspecified atom stereocenters. The number of para-hydroxylation sites is 1. The molecule has 1 atom stereocenters. The van der Waals surface area contributed by atoms with Crippen LogP contribution in [0.15, 0.2) is 35.7 Å². The molecular formula is C26H32N2O3S. The summed E-state index contributed by atoms with van der Waals surface area (Å²) >= 11 is 1.76. The number of fused-ring (bicyclic) bond motifs is 1. The zero-order chi connectivity index (χ0) is 22.1. The van der Waals surface area contributed by atoms with Crippen LogP contribution < -0.4 is 4.74 Å². The van der Waals surface area contributed by atoms with Gasteiger partial charge in [0, 0.05) is 23.4 Å². The fourth-order valence-corrected chi connectivity index (χ4v) is 6.11. The van der Waals surface area contributed by atoms with E-state index in [0.29, 0.717) is 13.2 Å². The maximum Gasteiger partial charge on any atom is 0.242 e. The monoisotopic (exact) mass is 452 g/mol. The Hall–Kier alpha value is -2.34. The number of benzene rings is 1. The summed E-state index contributed by atoms with van der Waals surface area (Å²) in [7, 11) is 0. The molecule has 170 valence electrons. The lowest BCUT2D eigenvalue weighted by atomic mass is 10.00. The van der Waals surface area contributed by atoms with E-state index >= 15 is 0 Å². The molecule has 2 aliphatic carbocycles. The van der Waals surface area contributed by atoms with Crippen LogP contribution in [0.1, 0.15) is 60.6 Å². The highest BCUT2D eigenvalue weighted by Crippen LogP contribution is 2.36. The lowest BCUT2D eigenvalue weighted by Crippen LogP contribution is -2.49. The van der Waals surface area contributed by atoms with Crippen LogP contribution in [-0.2, 0) is 16.0 Å². The van der Waals surface area contributed by atoms with Gasteiger partial charge in [0.2, 0.25) is 11.8 Å². The molecule has 1 aromatic carbocycles. The second kappa shape index (κ2) is 9.26. The summed E-state index contributed by atoms with van der Waals surface area (Å²) in [4.78, 5) is 31.9. The topological polar surface area (TPSA) is 49.9 Å². The molecule has 0 bridgehead atoms. The zero-order valence-corrected chi connectivity index (χ0v) is 19.6. The number of hydrogen-bond donors (Lipinski definition) is 0. The van der Waals surface area contributed by atoms with Crippen molar-refractivity contribution in [2.24, 2.45) is 5.92 Å². The maximum atomic E-state index is 13.6. The number of hydrogen-bond acceptors (Lipinski definition) is 4. The van der Waals surface area contributed by atoms with Crippen molar-refractivity contribution in [3.63, 3.8) is 0 Å². The molecule has 5 rings (SSSR count). The highest BCUT2D eigenvalue weighted by atomic mass is 32.1. The van der Waals surface area contributed by atoms with E-state index in [4.69, 9.17) is 4.74 Å². The zero-order valence-electron chi connectivity index (χ0n) is 18.8. The van der Waals surface area contributed by atoms with Gasteiger partial charge in [-0.1, -0.05) is 31.0 Å². The molecule has 1 aliphatic heterocycles. The first kappa shape index (κ1) is 21.5. The molecule has 0 N–H and O–H groups in total. The van der Waals surface area contributed by atoms with E-state index in [9.17, 15) is 9.59 Å². The van der Waals surface area contributed by atoms with E-state index < -0.39 is 0 Å². The second-order valence-electron chi connectivity index (χ2n) is 9.41. The average Bonchev–Trinajstić information content (AvgIpc) is 3.28. The van der Waals surface area contributed by atoms with Crippen molar-refractivity contribution in [3.05, 3.63) is 51.7 Å². The second-order valence-corrected chi connectivity index (χ2v) is 10.4. The number of carbonyl (C=O) groups is 2. The number of carbonyl (C=O) groups excluding carboxylic acids is 2. The number of nitrogens with zero attached hydrogens (tertiary/aromatic N) is 2. The van der Waals surface area contributed by atoms with Gasteiger partial charge in [0.25, 0.3) is 0 Å². The van der Waals surface area contributed by atoms with Crippen LogP contribution in [0.2, 0.25) is 0 Å². The van der Waals surface area contributed by atoms with Crippen molar-refractivity contribution in [1.82, 2.24) is 9.80 Å². The van der Waals surface area contributed by atoms with Crippen molar-refractivity contribution in [2.45, 2.75) is 64.0 Å². The third-order valence-corrected chi connectivity index (χ3v) is 8.18. The average molecular weight is 453 g/mol. The first-order valence-electron chi connectivity index (χ1n) is 12.0. The molecule has 1 aromatic heterocycles. The van der Waals surface area contributed by atoms with Gasteiger partial charge in [-0.25, -0.2) is 0 Å². The van der Waals surface area contributed by atoms with E-state index in [-0.39, 0.29) is 36.4 Å². The normalized spacial score (nSPS) is 20.8. The lowest BCUT2D eigenvalue weighted by Gasteiger charge is -2.37. The van der Waals surface area contributed by atoms with Gasteiger partial charge in [-0.05, 0) is 67.7 Å². The SMILES string of the molecule is Cc1ccccc1OCC1c2ccsc2CCN1C(=O)CN(C(=O)C1CCCC1)C1CC1. The molecule has 0 saturated heterocycles. The van der Waals surface area contributed by atoms with Crippen molar-refractivity contribution in [3.8, 4) is 5.75 Å². The van der Waals surface area contributed by atoms with E-state index in [1.165, 1.54) is 10.4 Å². The highest BCUT2D eigenvalue weighted by molar-refractivity contribution is 7.10. The van der Waals surface area contributed by atoms with E-state index in [0.717, 1.165) is 56.3 Å². The Morgan fingerprint density at radius 1 is 1.12 bits per heavy atom. The van der Waals surface area contributed by atoms with Crippen molar-refractivity contribution in [1.29, 1.82) is 0 Å². The molecule has 2 saturated carbocycles. The minimum atomic E-state index is -0.111. The van der Waals surface area contributed by atoms with Gasteiger partial charge < -0.3 is 14.5 Å². The summed E-state index contributed by atoms with van der Waals surface area (Å²) < 4.78 is 6.21. The van der Waals surface area contributed by atoms with Gasteiger partial charge in [0.15, 0.2) is 0 Å². The Bertz CT molecular complexity index is 977. The summed E-state index contributed by atoms with van der Waals surface area (Å²) in [5.74, 6) is 1.24. The fraction of sp³-hybridized carbons (Fsp3) is 0.538. The summed E-state index contributed by atoms with van der Waals surface area (Å²) in [5, 5.41) is 2.11. The number of thiophene rings is 1. The number of ether oxygens (including phenoxy) is 1. The molecule has 5 nitrogen and oxygen atoms in total. The summed E-state index contributed by atoms with van der Waals surface area (Å²) in [6.45, 7) is 3.36. The summed E-state index contributed by atoms with van der Waals surface area (Å²) in [6.07, 6.45) is 7.15. The molecule has 2 heterocycles. The van der Waals surface area contributed by atoms with E-state index in [1.807, 2.05) is 41.0 Å². The third-order valence-electron chi connectivity index (χ3n) is 7.19. The Labute approximate surface area is 194 Å². The van der Waals surface area contributed by atoms with E-state index in [2.05, 4.69) is 11.4 Å². The number of rotatable bonds is 7. The molecule has 32 heavy (non-hydrogen) atoms. The quantitative estimate of drug-likeness (QED) is 0.610. The molecule has 3 aliphatic rings. The minimum absolute atomic E-state index is 0.0541. The Kier molecular flexibility index (Phi) is 6.22. The Balaban J connectivity index is 1.32. The lowest BCUT2D eigenvalue weighted by molar-refractivity contribution is -0.145. The van der Waals surface area contributed by atoms with E-state index in [1.54, 1.807) is 11.3 Å². The first-order valence-corrected chi connectivity index (χ1v) is 12.8. The molecule has 2 amide bonds. The van der Waals surface area contributed by atoms with Crippen molar-refractivity contribution < 1.29 is 14.3 Å². The van der Waals surface area contributed by atoms with Crippen LogP contribution >= 0.6 is 11.3 Å². The fourth-order valence-electron chi connectivity index (χ4n) is 5.18. The van der Waals surface area contributed by atoms with Crippen LogP contribution in [0.5, 0.6) is 5.75 Å². The molecule has 0 radical (unpaired) electrons. The van der Waals surface area contributed by atoms with Gasteiger partial charge in [-0.3, -0.25) is 9.59 Å². The smallest absolute Gasteiger partial charge is 0.242 e. The van der Waals surface area contributed by atoms with Gasteiger partial charge in [0.05, 0.1) is 6.04 Å². The highest BCUT2D eigenvalue weighted by Gasteiger charge is 2.40. The van der Waals surface area contributed by atoms with Gasteiger partial charge in [-0.15, -0.1) is 11.3 Å². The third kappa shape index (κ3) is 4.42. The van der Waals surface area contributed by atoms with Crippen LogP contribution in [-0.4, -0.2) is 47.4 Å². The summed E-state index contributed by atoms with van der Waals surface area (Å²) in [6, 6.07) is 10.3. The van der Waals surface area contributed by atoms with Gasteiger partial charge in [-0.2, -0.15) is 0 Å². The van der Waals surface area contributed by atoms with Crippen LogP contribution in [0, 0.1) is 12.8 Å². The van der Waals surface area contributed by atoms with Crippen molar-refractivity contribution in [2.75, 3.05) is 19.7 Å². The molecule has 2 aromatic rings. The molecule has 2 fully saturated rings. The predicted octanol–water partition coefficient (Wildman–Crippen LogP) is 4.74. The Morgan fingerprint density at radius 3 is 2.66 bits per heavy atom. The van der Waals surface area contributed by atoms with Crippen LogP contribution in [0.4, 0.5) is 0 Å². The predicted molar refractivity (Wildman–Crippen MR) is 126 cm³/mol. The first-order chi connectivity index (χ1) is 15.6. The number of aryl methyl sites for hydroxylation is 1.